The first-order valence-corrected chi connectivity index (χ1v) is 5.51. The van der Waals surface area contributed by atoms with Gasteiger partial charge in [0, 0.05) is 18.8 Å². The second kappa shape index (κ2) is 4.56. The maximum Gasteiger partial charge on any atom is 0.292 e. The average molecular weight is 264 g/mol. The molecule has 1 unspecified atom stereocenters. The highest BCUT2D eigenvalue weighted by atomic mass is 16.6. The van der Waals surface area contributed by atoms with Gasteiger partial charge in [0.15, 0.2) is 0 Å². The van der Waals surface area contributed by atoms with Gasteiger partial charge in [-0.25, -0.2) is 0 Å². The lowest BCUT2D eigenvalue weighted by Crippen LogP contribution is -2.31. The number of hydrogen-bond acceptors (Lipinski definition) is 6. The number of nitrogens with zero attached hydrogens (tertiary/aromatic N) is 2. The Morgan fingerprint density at radius 2 is 2.16 bits per heavy atom. The molecule has 0 bridgehead atoms. The van der Waals surface area contributed by atoms with Gasteiger partial charge in [-0.3, -0.25) is 24.6 Å². The Balaban J connectivity index is 2.17. The predicted octanol–water partition coefficient (Wildman–Crippen LogP) is 0.346. The van der Waals surface area contributed by atoms with E-state index in [1.54, 1.807) is 0 Å². The van der Waals surface area contributed by atoms with Gasteiger partial charge in [0.25, 0.3) is 11.6 Å². The first kappa shape index (κ1) is 12.8. The SMILES string of the molecule is CN1C(=O)CC(Nc2ccc([N+](=O)[O-])c(N)c2)C1=O. The molecule has 1 aliphatic rings. The Morgan fingerprint density at radius 1 is 1.47 bits per heavy atom. The number of nitrogens with one attached hydrogen (secondary N) is 1. The Hall–Kier alpha value is -2.64. The molecule has 1 fully saturated rings. The lowest BCUT2D eigenvalue weighted by atomic mass is 10.2. The van der Waals surface area contributed by atoms with Crippen LogP contribution in [0.3, 0.4) is 0 Å². The van der Waals surface area contributed by atoms with Crippen LogP contribution in [0.2, 0.25) is 0 Å². The van der Waals surface area contributed by atoms with Crippen LogP contribution in [-0.2, 0) is 9.59 Å². The summed E-state index contributed by atoms with van der Waals surface area (Å²) in [4.78, 5) is 34.1. The Labute approximate surface area is 108 Å². The molecule has 1 heterocycles. The second-order valence-electron chi connectivity index (χ2n) is 4.22. The minimum absolute atomic E-state index is 0.000118. The van der Waals surface area contributed by atoms with Gasteiger partial charge in [0.2, 0.25) is 5.91 Å². The van der Waals surface area contributed by atoms with Gasteiger partial charge in [0.1, 0.15) is 11.7 Å². The standard InChI is InChI=1S/C11H12N4O4/c1-14-10(16)5-8(11(14)17)13-6-2-3-9(15(18)19)7(12)4-6/h2-4,8,13H,5,12H2,1H3. The van der Waals surface area contributed by atoms with Crippen molar-refractivity contribution < 1.29 is 14.5 Å². The monoisotopic (exact) mass is 264 g/mol. The van der Waals surface area contributed by atoms with E-state index in [2.05, 4.69) is 5.32 Å². The zero-order valence-corrected chi connectivity index (χ0v) is 10.1. The van der Waals surface area contributed by atoms with E-state index < -0.39 is 11.0 Å². The van der Waals surface area contributed by atoms with Crippen molar-refractivity contribution >= 4 is 28.9 Å². The van der Waals surface area contributed by atoms with E-state index in [0.29, 0.717) is 5.69 Å². The van der Waals surface area contributed by atoms with Gasteiger partial charge in [-0.15, -0.1) is 0 Å². The summed E-state index contributed by atoms with van der Waals surface area (Å²) in [6, 6.07) is 3.42. The highest BCUT2D eigenvalue weighted by molar-refractivity contribution is 6.06. The van der Waals surface area contributed by atoms with E-state index in [4.69, 9.17) is 5.73 Å². The molecule has 2 amide bonds. The zero-order chi connectivity index (χ0) is 14.2. The van der Waals surface area contributed by atoms with Crippen LogP contribution in [0.4, 0.5) is 17.1 Å². The van der Waals surface area contributed by atoms with Crippen molar-refractivity contribution in [3.63, 3.8) is 0 Å². The normalized spacial score (nSPS) is 18.8. The van der Waals surface area contributed by atoms with Crippen LogP contribution in [0, 0.1) is 10.1 Å². The number of amides is 2. The number of hydrogen-bond donors (Lipinski definition) is 2. The van der Waals surface area contributed by atoms with Crippen molar-refractivity contribution in [3.05, 3.63) is 28.3 Å². The minimum atomic E-state index is -0.654. The Kier molecular flexibility index (Phi) is 3.07. The number of nitro benzene ring substituents is 1. The third-order valence-corrected chi connectivity index (χ3v) is 2.95. The average Bonchev–Trinajstić information content (AvgIpc) is 2.57. The largest absolute Gasteiger partial charge is 0.393 e. The quantitative estimate of drug-likeness (QED) is 0.352. The number of carbonyl (C=O) groups is 2. The molecule has 0 saturated carbocycles. The van der Waals surface area contributed by atoms with Crippen molar-refractivity contribution in [3.8, 4) is 0 Å². The molecule has 0 aliphatic carbocycles. The van der Waals surface area contributed by atoms with Crippen LogP contribution in [0.5, 0.6) is 0 Å². The molecule has 1 saturated heterocycles. The molecule has 0 radical (unpaired) electrons. The van der Waals surface area contributed by atoms with Crippen LogP contribution >= 0.6 is 0 Å². The van der Waals surface area contributed by atoms with Crippen LogP contribution < -0.4 is 11.1 Å². The third kappa shape index (κ3) is 2.32. The summed E-state index contributed by atoms with van der Waals surface area (Å²) >= 11 is 0. The first-order valence-electron chi connectivity index (χ1n) is 5.51. The molecule has 8 heteroatoms. The van der Waals surface area contributed by atoms with Crippen molar-refractivity contribution in [1.29, 1.82) is 0 Å². The number of nitro groups is 1. The lowest BCUT2D eigenvalue weighted by Gasteiger charge is -2.12. The molecule has 1 atom stereocenters. The minimum Gasteiger partial charge on any atom is -0.393 e. The molecular formula is C11H12N4O4. The molecule has 8 nitrogen and oxygen atoms in total. The number of imide groups is 1. The lowest BCUT2D eigenvalue weighted by molar-refractivity contribution is -0.383. The van der Waals surface area contributed by atoms with E-state index in [0.717, 1.165) is 4.90 Å². The summed E-state index contributed by atoms with van der Waals surface area (Å²) in [5.74, 6) is -0.598. The number of likely N-dealkylation sites (tertiary alicyclic amines) is 1. The van der Waals surface area contributed by atoms with Crippen LogP contribution in [-0.4, -0.2) is 34.7 Å². The van der Waals surface area contributed by atoms with E-state index >= 15 is 0 Å². The van der Waals surface area contributed by atoms with Gasteiger partial charge >= 0.3 is 0 Å². The highest BCUT2D eigenvalue weighted by Crippen LogP contribution is 2.26. The molecule has 1 aliphatic heterocycles. The second-order valence-corrected chi connectivity index (χ2v) is 4.22. The van der Waals surface area contributed by atoms with E-state index in [9.17, 15) is 19.7 Å². The summed E-state index contributed by atoms with van der Waals surface area (Å²) in [5.41, 5.74) is 5.81. The number of carbonyl (C=O) groups excluding carboxylic acids is 2. The van der Waals surface area contributed by atoms with Gasteiger partial charge in [-0.2, -0.15) is 0 Å². The fraction of sp³-hybridized carbons (Fsp3) is 0.273. The van der Waals surface area contributed by atoms with Crippen LogP contribution in [0.25, 0.3) is 0 Å². The maximum absolute atomic E-state index is 11.7. The number of benzene rings is 1. The van der Waals surface area contributed by atoms with Crippen molar-refractivity contribution in [2.24, 2.45) is 0 Å². The summed E-state index contributed by atoms with van der Waals surface area (Å²) in [7, 11) is 1.41. The summed E-state index contributed by atoms with van der Waals surface area (Å²) in [6.45, 7) is 0. The van der Waals surface area contributed by atoms with Gasteiger partial charge < -0.3 is 11.1 Å². The summed E-state index contributed by atoms with van der Waals surface area (Å²) < 4.78 is 0. The topological polar surface area (TPSA) is 119 Å². The van der Waals surface area contributed by atoms with E-state index in [1.807, 2.05) is 0 Å². The van der Waals surface area contributed by atoms with Crippen LogP contribution in [0.1, 0.15) is 6.42 Å². The first-order chi connectivity index (χ1) is 8.90. The smallest absolute Gasteiger partial charge is 0.292 e. The molecular weight excluding hydrogens is 252 g/mol. The van der Waals surface area contributed by atoms with Crippen molar-refractivity contribution in [2.75, 3.05) is 18.1 Å². The molecule has 19 heavy (non-hydrogen) atoms. The van der Waals surface area contributed by atoms with Crippen LogP contribution in [0.15, 0.2) is 18.2 Å². The number of likely N-dealkylation sites (N-methyl/N-ethyl adjacent to an activating group) is 1. The molecule has 2 rings (SSSR count). The molecule has 1 aromatic carbocycles. The van der Waals surface area contributed by atoms with Gasteiger partial charge in [-0.1, -0.05) is 0 Å². The maximum atomic E-state index is 11.7. The molecule has 3 N–H and O–H groups in total. The zero-order valence-electron chi connectivity index (χ0n) is 10.1. The van der Waals surface area contributed by atoms with Gasteiger partial charge in [0.05, 0.1) is 11.3 Å². The van der Waals surface area contributed by atoms with E-state index in [-0.39, 0.29) is 29.6 Å². The predicted molar refractivity (Wildman–Crippen MR) is 67.3 cm³/mol. The Morgan fingerprint density at radius 3 is 2.63 bits per heavy atom. The summed E-state index contributed by atoms with van der Waals surface area (Å²) in [6.07, 6.45) is 0.0617. The number of nitrogens with two attached hydrogens (primary N) is 1. The van der Waals surface area contributed by atoms with E-state index in [1.165, 1.54) is 25.2 Å². The summed E-state index contributed by atoms with van der Waals surface area (Å²) in [5, 5.41) is 13.5. The molecule has 0 spiro atoms. The number of rotatable bonds is 3. The number of nitrogen functional groups attached to an aromatic ring is 1. The molecule has 100 valence electrons. The molecule has 1 aromatic rings. The fourth-order valence-electron chi connectivity index (χ4n) is 1.88. The third-order valence-electron chi connectivity index (χ3n) is 2.95. The molecule has 0 aromatic heterocycles. The van der Waals surface area contributed by atoms with Gasteiger partial charge in [-0.05, 0) is 12.1 Å². The Bertz CT molecular complexity index is 572. The number of anilines is 2. The highest BCUT2D eigenvalue weighted by Gasteiger charge is 2.35. The van der Waals surface area contributed by atoms with Crippen molar-refractivity contribution in [2.45, 2.75) is 12.5 Å². The fourth-order valence-corrected chi connectivity index (χ4v) is 1.88. The van der Waals surface area contributed by atoms with Crippen molar-refractivity contribution in [1.82, 2.24) is 4.90 Å².